The molecule has 0 atom stereocenters. The predicted octanol–water partition coefficient (Wildman–Crippen LogP) is 7.85. The van der Waals surface area contributed by atoms with E-state index in [0.29, 0.717) is 32.5 Å². The van der Waals surface area contributed by atoms with Crippen molar-refractivity contribution in [2.75, 3.05) is 15.5 Å². The summed E-state index contributed by atoms with van der Waals surface area (Å²) < 4.78 is 0. The van der Waals surface area contributed by atoms with Crippen molar-refractivity contribution in [3.05, 3.63) is 128 Å². The molecule has 3 amide bonds. The van der Waals surface area contributed by atoms with Crippen molar-refractivity contribution in [1.29, 1.82) is 0 Å². The van der Waals surface area contributed by atoms with Crippen LogP contribution in [0.4, 0.5) is 17.1 Å². The molecular formula is C31H23Cl2N3O3S. The maximum Gasteiger partial charge on any atom is 0.283 e. The Morgan fingerprint density at radius 1 is 0.775 bits per heavy atom. The smallest absolute Gasteiger partial charge is 0.283 e. The monoisotopic (exact) mass is 587 g/mol. The maximum absolute atomic E-state index is 13.6. The van der Waals surface area contributed by atoms with Crippen LogP contribution >= 0.6 is 35.0 Å². The van der Waals surface area contributed by atoms with Crippen LogP contribution < -0.4 is 15.5 Å². The molecule has 1 heterocycles. The Morgan fingerprint density at radius 3 is 2.15 bits per heavy atom. The van der Waals surface area contributed by atoms with Gasteiger partial charge in [-0.15, -0.1) is 0 Å². The number of amides is 3. The minimum absolute atomic E-state index is 0.205. The number of imide groups is 1. The van der Waals surface area contributed by atoms with Crippen LogP contribution in [0, 0.1) is 13.8 Å². The highest BCUT2D eigenvalue weighted by molar-refractivity contribution is 8.04. The zero-order valence-electron chi connectivity index (χ0n) is 21.5. The second-order valence-corrected chi connectivity index (χ2v) is 11.0. The molecule has 6 nitrogen and oxygen atoms in total. The van der Waals surface area contributed by atoms with Crippen LogP contribution in [0.15, 0.2) is 106 Å². The van der Waals surface area contributed by atoms with E-state index in [4.69, 9.17) is 23.2 Å². The van der Waals surface area contributed by atoms with Crippen molar-refractivity contribution in [1.82, 2.24) is 0 Å². The number of hydrogen-bond donors (Lipinski definition) is 2. The van der Waals surface area contributed by atoms with Gasteiger partial charge in [0.2, 0.25) is 0 Å². The number of carbonyl (C=O) groups excluding carboxylic acids is 3. The number of para-hydroxylation sites is 1. The highest BCUT2D eigenvalue weighted by atomic mass is 35.5. The van der Waals surface area contributed by atoms with Crippen LogP contribution in [-0.2, 0) is 9.59 Å². The van der Waals surface area contributed by atoms with Gasteiger partial charge in [0.15, 0.2) is 0 Å². The first-order valence-corrected chi connectivity index (χ1v) is 13.8. The third kappa shape index (κ3) is 5.77. The second kappa shape index (κ2) is 11.6. The molecule has 0 radical (unpaired) electrons. The Labute approximate surface area is 246 Å². The quantitative estimate of drug-likeness (QED) is 0.215. The Kier molecular flexibility index (Phi) is 7.98. The minimum Gasteiger partial charge on any atom is -0.350 e. The van der Waals surface area contributed by atoms with E-state index in [-0.39, 0.29) is 21.5 Å². The van der Waals surface area contributed by atoms with E-state index >= 15 is 0 Å². The van der Waals surface area contributed by atoms with Crippen molar-refractivity contribution in [2.24, 2.45) is 0 Å². The van der Waals surface area contributed by atoms with E-state index < -0.39 is 11.8 Å². The predicted molar refractivity (Wildman–Crippen MR) is 162 cm³/mol. The molecular weight excluding hydrogens is 565 g/mol. The van der Waals surface area contributed by atoms with Crippen LogP contribution in [0.25, 0.3) is 0 Å². The molecule has 0 bridgehead atoms. The number of anilines is 3. The molecule has 4 aromatic carbocycles. The number of carbonyl (C=O) groups is 3. The van der Waals surface area contributed by atoms with Gasteiger partial charge in [-0.05, 0) is 91.7 Å². The summed E-state index contributed by atoms with van der Waals surface area (Å²) in [5.74, 6) is -1.22. The molecule has 0 unspecified atom stereocenters. The lowest BCUT2D eigenvalue weighted by Crippen LogP contribution is -2.32. The average Bonchev–Trinajstić information content (AvgIpc) is 3.16. The van der Waals surface area contributed by atoms with Gasteiger partial charge in [-0.3, -0.25) is 14.4 Å². The van der Waals surface area contributed by atoms with Crippen molar-refractivity contribution in [3.63, 3.8) is 0 Å². The molecule has 0 saturated heterocycles. The SMILES string of the molecule is Cc1ccc(NC2=C(Sc3ccc(NC(=O)c4ccc(Cl)cc4Cl)cc3)C(=O)N(c3ccccc3)C2=O)cc1C. The molecule has 2 N–H and O–H groups in total. The van der Waals surface area contributed by atoms with Crippen molar-refractivity contribution >= 4 is 69.7 Å². The summed E-state index contributed by atoms with van der Waals surface area (Å²) in [7, 11) is 0. The Hall–Kier alpha value is -4.04. The Bertz CT molecular complexity index is 1670. The molecule has 5 rings (SSSR count). The first-order valence-electron chi connectivity index (χ1n) is 12.3. The standard InChI is InChI=1S/C31H23Cl2N3O3S/c1-18-8-10-22(16-19(18)2)34-27-28(31(39)36(30(27)38)23-6-4-3-5-7-23)40-24-13-11-21(12-14-24)35-29(37)25-15-9-20(32)17-26(25)33/h3-17,34H,1-2H3,(H,35,37). The van der Waals surface area contributed by atoms with Crippen molar-refractivity contribution < 1.29 is 14.4 Å². The zero-order valence-corrected chi connectivity index (χ0v) is 23.8. The second-order valence-electron chi connectivity index (χ2n) is 9.11. The van der Waals surface area contributed by atoms with E-state index in [9.17, 15) is 14.4 Å². The highest BCUT2D eigenvalue weighted by Gasteiger charge is 2.40. The van der Waals surface area contributed by atoms with E-state index in [1.807, 2.05) is 38.1 Å². The fourth-order valence-electron chi connectivity index (χ4n) is 4.09. The van der Waals surface area contributed by atoms with Gasteiger partial charge in [0.05, 0.1) is 16.3 Å². The Morgan fingerprint density at radius 2 is 1.48 bits per heavy atom. The molecule has 40 heavy (non-hydrogen) atoms. The number of nitrogens with one attached hydrogen (secondary N) is 2. The third-order valence-corrected chi connectivity index (χ3v) is 7.98. The third-order valence-electron chi connectivity index (χ3n) is 6.34. The van der Waals surface area contributed by atoms with Gasteiger partial charge in [-0.25, -0.2) is 4.90 Å². The van der Waals surface area contributed by atoms with Crippen molar-refractivity contribution in [3.8, 4) is 0 Å². The number of hydrogen-bond acceptors (Lipinski definition) is 5. The number of thioether (sulfide) groups is 1. The summed E-state index contributed by atoms with van der Waals surface area (Å²) in [5.41, 5.74) is 4.44. The number of aryl methyl sites for hydroxylation is 2. The van der Waals surface area contributed by atoms with E-state index in [1.165, 1.54) is 22.7 Å². The molecule has 4 aromatic rings. The van der Waals surface area contributed by atoms with Gasteiger partial charge in [0, 0.05) is 21.3 Å². The molecule has 1 aliphatic rings. The van der Waals surface area contributed by atoms with E-state index in [0.717, 1.165) is 11.1 Å². The van der Waals surface area contributed by atoms with Crippen LogP contribution in [0.3, 0.4) is 0 Å². The number of nitrogens with zero attached hydrogens (tertiary/aromatic N) is 1. The first-order chi connectivity index (χ1) is 19.2. The van der Waals surface area contributed by atoms with E-state index in [1.54, 1.807) is 60.7 Å². The highest BCUT2D eigenvalue weighted by Crippen LogP contribution is 2.38. The zero-order chi connectivity index (χ0) is 28.4. The summed E-state index contributed by atoms with van der Waals surface area (Å²) >= 11 is 13.3. The van der Waals surface area contributed by atoms with Crippen molar-refractivity contribution in [2.45, 2.75) is 18.7 Å². The van der Waals surface area contributed by atoms with Crippen LogP contribution in [0.2, 0.25) is 10.0 Å². The molecule has 9 heteroatoms. The van der Waals surface area contributed by atoms with Crippen LogP contribution in [0.5, 0.6) is 0 Å². The van der Waals surface area contributed by atoms with Gasteiger partial charge >= 0.3 is 0 Å². The largest absolute Gasteiger partial charge is 0.350 e. The molecule has 0 saturated carbocycles. The fourth-order valence-corrected chi connectivity index (χ4v) is 5.51. The molecule has 0 spiro atoms. The minimum atomic E-state index is -0.430. The Balaban J connectivity index is 1.41. The number of benzene rings is 4. The lowest BCUT2D eigenvalue weighted by atomic mass is 10.1. The molecule has 0 fully saturated rings. The van der Waals surface area contributed by atoms with Crippen LogP contribution in [-0.4, -0.2) is 17.7 Å². The topological polar surface area (TPSA) is 78.5 Å². The summed E-state index contributed by atoms with van der Waals surface area (Å²) in [4.78, 5) is 42.0. The molecule has 1 aliphatic heterocycles. The molecule has 0 aromatic heterocycles. The van der Waals surface area contributed by atoms with Crippen LogP contribution in [0.1, 0.15) is 21.5 Å². The number of rotatable bonds is 7. The lowest BCUT2D eigenvalue weighted by molar-refractivity contribution is -0.120. The normalized spacial score (nSPS) is 13.2. The summed E-state index contributed by atoms with van der Waals surface area (Å²) in [6, 6.07) is 26.3. The van der Waals surface area contributed by atoms with E-state index in [2.05, 4.69) is 10.6 Å². The maximum atomic E-state index is 13.6. The average molecular weight is 589 g/mol. The lowest BCUT2D eigenvalue weighted by Gasteiger charge is -2.15. The summed E-state index contributed by atoms with van der Waals surface area (Å²) in [5, 5.41) is 6.69. The van der Waals surface area contributed by atoms with Gasteiger partial charge in [-0.1, -0.05) is 59.2 Å². The molecule has 200 valence electrons. The van der Waals surface area contributed by atoms with Gasteiger partial charge in [-0.2, -0.15) is 0 Å². The fraction of sp³-hybridized carbons (Fsp3) is 0.0645. The van der Waals surface area contributed by atoms with Gasteiger partial charge in [0.1, 0.15) is 10.6 Å². The first kappa shape index (κ1) is 27.5. The molecule has 0 aliphatic carbocycles. The summed E-state index contributed by atoms with van der Waals surface area (Å²) in [6.45, 7) is 4.00. The van der Waals surface area contributed by atoms with Gasteiger partial charge in [0.25, 0.3) is 17.7 Å². The number of halogens is 2. The summed E-state index contributed by atoms with van der Waals surface area (Å²) in [6.07, 6.45) is 0. The van der Waals surface area contributed by atoms with Gasteiger partial charge < -0.3 is 10.6 Å².